The van der Waals surface area contributed by atoms with Gasteiger partial charge in [-0.3, -0.25) is 14.6 Å². The largest absolute Gasteiger partial charge is 0.496 e. The lowest BCUT2D eigenvalue weighted by Crippen LogP contribution is -2.48. The van der Waals surface area contributed by atoms with E-state index in [4.69, 9.17) is 13.9 Å². The highest BCUT2D eigenvalue weighted by atomic mass is 16.5. The van der Waals surface area contributed by atoms with Crippen LogP contribution in [0.5, 0.6) is 5.75 Å². The number of nitrogens with one attached hydrogen (secondary N) is 1. The van der Waals surface area contributed by atoms with Gasteiger partial charge in [0.15, 0.2) is 5.69 Å². The summed E-state index contributed by atoms with van der Waals surface area (Å²) in [5.74, 6) is 1.10. The van der Waals surface area contributed by atoms with Crippen LogP contribution in [0.25, 0.3) is 0 Å². The number of β-amino-alcohol motifs (C(OH)–C–C–N with tert-alkyl or cyclic N) is 1. The van der Waals surface area contributed by atoms with E-state index in [-0.39, 0.29) is 17.7 Å². The number of aliphatic hydroxyl groups excluding tert-OH is 1. The topological polar surface area (TPSA) is 100 Å². The van der Waals surface area contributed by atoms with Crippen LogP contribution in [0.1, 0.15) is 35.8 Å². The van der Waals surface area contributed by atoms with Gasteiger partial charge in [0.1, 0.15) is 12.0 Å². The van der Waals surface area contributed by atoms with Crippen LogP contribution in [-0.4, -0.2) is 91.0 Å². The highest BCUT2D eigenvalue weighted by Crippen LogP contribution is 2.17. The Bertz CT molecular complexity index is 864. The first kappa shape index (κ1) is 25.2. The normalized spacial score (nSPS) is 16.2. The zero-order valence-corrected chi connectivity index (χ0v) is 19.8. The SMILES string of the molecule is COc1ccccc1CCNC(=O)c1coc(CN2CCN(CC(O)COC(C)C)CC2)n1. The number of carbonyl (C=O) groups is 1. The van der Waals surface area contributed by atoms with Crippen LogP contribution in [0.3, 0.4) is 0 Å². The van der Waals surface area contributed by atoms with Gasteiger partial charge < -0.3 is 24.3 Å². The van der Waals surface area contributed by atoms with Crippen molar-refractivity contribution in [3.63, 3.8) is 0 Å². The van der Waals surface area contributed by atoms with E-state index in [1.54, 1.807) is 7.11 Å². The smallest absolute Gasteiger partial charge is 0.273 e. The van der Waals surface area contributed by atoms with Crippen molar-refractivity contribution in [3.8, 4) is 5.75 Å². The third kappa shape index (κ3) is 8.12. The van der Waals surface area contributed by atoms with Crippen molar-refractivity contribution in [2.75, 3.05) is 53.0 Å². The number of ether oxygens (including phenoxy) is 2. The second kappa shape index (κ2) is 12.7. The van der Waals surface area contributed by atoms with Crippen LogP contribution in [0.15, 0.2) is 34.9 Å². The van der Waals surface area contributed by atoms with Gasteiger partial charge in [0, 0.05) is 39.3 Å². The second-order valence-corrected chi connectivity index (χ2v) is 8.56. The lowest BCUT2D eigenvalue weighted by Gasteiger charge is -2.35. The Morgan fingerprint density at radius 2 is 1.94 bits per heavy atom. The Labute approximate surface area is 195 Å². The zero-order valence-electron chi connectivity index (χ0n) is 19.8. The molecule has 1 aromatic carbocycles. The highest BCUT2D eigenvalue weighted by molar-refractivity contribution is 5.91. The molecule has 1 aliphatic rings. The third-order valence-corrected chi connectivity index (χ3v) is 5.57. The number of carbonyl (C=O) groups excluding carboxylic acids is 1. The summed E-state index contributed by atoms with van der Waals surface area (Å²) in [6, 6.07) is 7.76. The Kier molecular flexibility index (Phi) is 9.68. The van der Waals surface area contributed by atoms with Crippen LogP contribution in [0, 0.1) is 0 Å². The molecule has 3 rings (SSSR count). The van der Waals surface area contributed by atoms with Crippen LogP contribution in [-0.2, 0) is 17.7 Å². The fourth-order valence-corrected chi connectivity index (χ4v) is 3.77. The first-order valence-electron chi connectivity index (χ1n) is 11.5. The number of nitrogens with zero attached hydrogens (tertiary/aromatic N) is 3. The third-order valence-electron chi connectivity index (χ3n) is 5.57. The highest BCUT2D eigenvalue weighted by Gasteiger charge is 2.21. The molecule has 0 saturated carbocycles. The van der Waals surface area contributed by atoms with E-state index < -0.39 is 6.10 Å². The molecule has 1 unspecified atom stereocenters. The molecule has 1 fully saturated rings. The Morgan fingerprint density at radius 3 is 2.67 bits per heavy atom. The minimum absolute atomic E-state index is 0.122. The lowest BCUT2D eigenvalue weighted by molar-refractivity contribution is -0.0151. The molecular weight excluding hydrogens is 424 g/mol. The van der Waals surface area contributed by atoms with Gasteiger partial charge in [-0.1, -0.05) is 18.2 Å². The number of methoxy groups -OCH3 is 1. The van der Waals surface area contributed by atoms with E-state index in [1.165, 1.54) is 6.26 Å². The number of amides is 1. The monoisotopic (exact) mass is 460 g/mol. The van der Waals surface area contributed by atoms with E-state index in [9.17, 15) is 9.90 Å². The molecule has 1 amide bonds. The van der Waals surface area contributed by atoms with Gasteiger partial charge in [-0.25, -0.2) is 4.98 Å². The lowest BCUT2D eigenvalue weighted by atomic mass is 10.1. The molecule has 9 nitrogen and oxygen atoms in total. The molecule has 2 aromatic rings. The van der Waals surface area contributed by atoms with Crippen LogP contribution < -0.4 is 10.1 Å². The predicted molar refractivity (Wildman–Crippen MR) is 124 cm³/mol. The number of oxazole rings is 1. The number of rotatable bonds is 12. The number of hydrogen-bond acceptors (Lipinski definition) is 8. The molecular formula is C24H36N4O5. The molecule has 33 heavy (non-hydrogen) atoms. The van der Waals surface area contributed by atoms with E-state index in [0.29, 0.717) is 38.6 Å². The van der Waals surface area contributed by atoms with Crippen molar-refractivity contribution >= 4 is 5.91 Å². The number of aliphatic hydroxyl groups is 1. The second-order valence-electron chi connectivity index (χ2n) is 8.56. The van der Waals surface area contributed by atoms with Gasteiger partial charge in [0.25, 0.3) is 5.91 Å². The minimum Gasteiger partial charge on any atom is -0.496 e. The molecule has 9 heteroatoms. The number of piperazine rings is 1. The quantitative estimate of drug-likeness (QED) is 0.492. The van der Waals surface area contributed by atoms with Gasteiger partial charge >= 0.3 is 0 Å². The summed E-state index contributed by atoms with van der Waals surface area (Å²) in [5.41, 5.74) is 1.33. The molecule has 182 valence electrons. The van der Waals surface area contributed by atoms with Crippen molar-refractivity contribution in [2.45, 2.75) is 39.0 Å². The standard InChI is InChI=1S/C24H36N4O5/c1-18(2)32-16-20(29)14-27-10-12-28(13-11-27)15-23-26-21(17-33-23)24(30)25-9-8-19-6-4-5-7-22(19)31-3/h4-7,17-18,20,29H,8-16H2,1-3H3,(H,25,30). The van der Waals surface area contributed by atoms with Crippen molar-refractivity contribution in [3.05, 3.63) is 47.7 Å². The summed E-state index contributed by atoms with van der Waals surface area (Å²) in [5, 5.41) is 13.0. The van der Waals surface area contributed by atoms with Gasteiger partial charge in [-0.2, -0.15) is 0 Å². The molecule has 1 aliphatic heterocycles. The molecule has 0 aliphatic carbocycles. The predicted octanol–water partition coefficient (Wildman–Crippen LogP) is 1.56. The van der Waals surface area contributed by atoms with Crippen LogP contribution in [0.4, 0.5) is 0 Å². The Hall–Kier alpha value is -2.46. The average Bonchev–Trinajstić information content (AvgIpc) is 3.28. The van der Waals surface area contributed by atoms with Crippen LogP contribution >= 0.6 is 0 Å². The molecule has 0 radical (unpaired) electrons. The Morgan fingerprint density at radius 1 is 1.21 bits per heavy atom. The van der Waals surface area contributed by atoms with Crippen LogP contribution in [0.2, 0.25) is 0 Å². The van der Waals surface area contributed by atoms with Crippen molar-refractivity contribution in [1.29, 1.82) is 0 Å². The summed E-state index contributed by atoms with van der Waals surface area (Å²) in [4.78, 5) is 21.2. The average molecular weight is 461 g/mol. The molecule has 0 spiro atoms. The summed E-state index contributed by atoms with van der Waals surface area (Å²) < 4.78 is 16.4. The summed E-state index contributed by atoms with van der Waals surface area (Å²) in [6.45, 7) is 9.35. The first-order chi connectivity index (χ1) is 15.9. The maximum absolute atomic E-state index is 12.4. The molecule has 2 N–H and O–H groups in total. The number of benzene rings is 1. The number of aromatic nitrogens is 1. The van der Waals surface area contributed by atoms with Crippen molar-refractivity contribution in [2.24, 2.45) is 0 Å². The van der Waals surface area contributed by atoms with Crippen molar-refractivity contribution < 1.29 is 23.8 Å². The first-order valence-corrected chi connectivity index (χ1v) is 11.5. The molecule has 1 aromatic heterocycles. The van der Waals surface area contributed by atoms with Gasteiger partial charge in [-0.05, 0) is 31.9 Å². The van der Waals surface area contributed by atoms with Crippen molar-refractivity contribution in [1.82, 2.24) is 20.1 Å². The van der Waals surface area contributed by atoms with E-state index in [1.807, 2.05) is 38.1 Å². The van der Waals surface area contributed by atoms with E-state index in [2.05, 4.69) is 20.1 Å². The zero-order chi connectivity index (χ0) is 23.6. The minimum atomic E-state index is -0.477. The number of hydrogen-bond donors (Lipinski definition) is 2. The van der Waals surface area contributed by atoms with E-state index >= 15 is 0 Å². The molecule has 2 heterocycles. The maximum Gasteiger partial charge on any atom is 0.273 e. The summed E-state index contributed by atoms with van der Waals surface area (Å²) in [7, 11) is 1.64. The molecule has 1 atom stereocenters. The molecule has 0 bridgehead atoms. The fraction of sp³-hybridized carbons (Fsp3) is 0.583. The molecule has 1 saturated heterocycles. The number of para-hydroxylation sites is 1. The van der Waals surface area contributed by atoms with E-state index in [0.717, 1.165) is 37.5 Å². The van der Waals surface area contributed by atoms with Gasteiger partial charge in [0.2, 0.25) is 5.89 Å². The summed E-state index contributed by atoms with van der Waals surface area (Å²) >= 11 is 0. The van der Waals surface area contributed by atoms with Gasteiger partial charge in [-0.15, -0.1) is 0 Å². The maximum atomic E-state index is 12.4. The van der Waals surface area contributed by atoms with Gasteiger partial charge in [0.05, 0.1) is 32.5 Å². The fourth-order valence-electron chi connectivity index (χ4n) is 3.77. The summed E-state index contributed by atoms with van der Waals surface area (Å²) in [6.07, 6.45) is 1.73. The Balaban J connectivity index is 1.38.